The van der Waals surface area contributed by atoms with Gasteiger partial charge in [-0.15, -0.1) is 0 Å². The van der Waals surface area contributed by atoms with Crippen LogP contribution in [0.5, 0.6) is 0 Å². The van der Waals surface area contributed by atoms with Gasteiger partial charge in [-0.1, -0.05) is 6.07 Å². The van der Waals surface area contributed by atoms with Crippen LogP contribution in [0.25, 0.3) is 0 Å². The van der Waals surface area contributed by atoms with Crippen LogP contribution in [0, 0.1) is 13.8 Å². The largest absolute Gasteiger partial charge is 0.480 e. The molecule has 1 unspecified atom stereocenters. The average Bonchev–Trinajstić information content (AvgIpc) is 2.20. The summed E-state index contributed by atoms with van der Waals surface area (Å²) in [4.78, 5) is 10.8. The smallest absolute Gasteiger partial charge is 0.321 e. The lowest BCUT2D eigenvalue weighted by Crippen LogP contribution is -2.26. The van der Waals surface area contributed by atoms with Crippen molar-refractivity contribution >= 4 is 15.8 Å². The average molecular weight is 242 g/mol. The highest BCUT2D eigenvalue weighted by Gasteiger charge is 2.29. The number of aliphatic carboxylic acids is 1. The fourth-order valence-corrected chi connectivity index (χ4v) is 2.50. The number of hydrogen-bond donors (Lipinski definition) is 1. The van der Waals surface area contributed by atoms with Gasteiger partial charge in [-0.3, -0.25) is 4.79 Å². The molecule has 0 aliphatic heterocycles. The predicted molar refractivity (Wildman–Crippen MR) is 60.2 cm³/mol. The van der Waals surface area contributed by atoms with Gasteiger partial charge in [-0.2, -0.15) is 0 Å². The molecule has 0 radical (unpaired) electrons. The summed E-state index contributed by atoms with van der Waals surface area (Å²) in [6.45, 7) is 4.83. The van der Waals surface area contributed by atoms with E-state index in [1.807, 2.05) is 6.92 Å². The van der Waals surface area contributed by atoms with Crippen molar-refractivity contribution in [1.82, 2.24) is 0 Å². The summed E-state index contributed by atoms with van der Waals surface area (Å²) in [5, 5.41) is 7.30. The molecule has 88 valence electrons. The molecule has 0 saturated carbocycles. The van der Waals surface area contributed by atoms with Crippen LogP contribution in [-0.2, 0) is 14.6 Å². The van der Waals surface area contributed by atoms with E-state index in [9.17, 15) is 13.2 Å². The molecule has 5 heteroatoms. The quantitative estimate of drug-likeness (QED) is 0.873. The van der Waals surface area contributed by atoms with Crippen molar-refractivity contribution in [2.75, 3.05) is 0 Å². The lowest BCUT2D eigenvalue weighted by molar-refractivity contribution is -0.136. The normalized spacial score (nSPS) is 13.4. The minimum Gasteiger partial charge on any atom is -0.480 e. The van der Waals surface area contributed by atoms with Gasteiger partial charge in [0.25, 0.3) is 0 Å². The number of rotatable bonds is 3. The molecule has 0 aromatic heterocycles. The Hall–Kier alpha value is -1.36. The molecular formula is C11H14O4S. The van der Waals surface area contributed by atoms with Crippen molar-refractivity contribution in [2.24, 2.45) is 0 Å². The maximum Gasteiger partial charge on any atom is 0.321 e. The van der Waals surface area contributed by atoms with Crippen LogP contribution < -0.4 is 0 Å². The van der Waals surface area contributed by atoms with Crippen LogP contribution in [0.4, 0.5) is 0 Å². The Morgan fingerprint density at radius 1 is 1.25 bits per heavy atom. The zero-order valence-corrected chi connectivity index (χ0v) is 10.2. The van der Waals surface area contributed by atoms with Crippen LogP contribution in [0.15, 0.2) is 23.1 Å². The Balaban J connectivity index is 3.28. The Morgan fingerprint density at radius 2 is 1.81 bits per heavy atom. The Morgan fingerprint density at radius 3 is 2.25 bits per heavy atom. The second-order valence-corrected chi connectivity index (χ2v) is 6.04. The Kier molecular flexibility index (Phi) is 3.38. The molecular weight excluding hydrogens is 228 g/mol. The molecule has 0 aliphatic carbocycles. The standard InChI is InChI=1S/C11H14O4S/c1-7-4-5-10(6-8(7)2)16(14,15)9(3)11(12)13/h4-6,9H,1-3H3,(H,12,13). The second-order valence-electron chi connectivity index (χ2n) is 3.77. The van der Waals surface area contributed by atoms with E-state index >= 15 is 0 Å². The number of carboxylic acids is 1. The summed E-state index contributed by atoms with van der Waals surface area (Å²) in [7, 11) is -3.78. The van der Waals surface area contributed by atoms with Crippen molar-refractivity contribution < 1.29 is 18.3 Å². The Labute approximate surface area is 94.8 Å². The monoisotopic (exact) mass is 242 g/mol. The molecule has 4 nitrogen and oxygen atoms in total. The second kappa shape index (κ2) is 4.25. The van der Waals surface area contributed by atoms with Crippen LogP contribution in [-0.4, -0.2) is 24.7 Å². The highest BCUT2D eigenvalue weighted by atomic mass is 32.2. The summed E-state index contributed by atoms with van der Waals surface area (Å²) in [6.07, 6.45) is 0. The molecule has 0 heterocycles. The zero-order chi connectivity index (χ0) is 12.5. The third kappa shape index (κ3) is 2.24. The summed E-state index contributed by atoms with van der Waals surface area (Å²) >= 11 is 0. The lowest BCUT2D eigenvalue weighted by Gasteiger charge is -2.10. The summed E-state index contributed by atoms with van der Waals surface area (Å²) in [5.74, 6) is -1.33. The van der Waals surface area contributed by atoms with Crippen molar-refractivity contribution in [3.63, 3.8) is 0 Å². The van der Waals surface area contributed by atoms with Gasteiger partial charge in [-0.05, 0) is 44.0 Å². The van der Waals surface area contributed by atoms with E-state index in [2.05, 4.69) is 0 Å². The van der Waals surface area contributed by atoms with E-state index in [1.165, 1.54) is 19.1 Å². The fourth-order valence-electron chi connectivity index (χ4n) is 1.23. The summed E-state index contributed by atoms with van der Waals surface area (Å²) in [5.41, 5.74) is 1.81. The van der Waals surface area contributed by atoms with Gasteiger partial charge in [-0.25, -0.2) is 8.42 Å². The van der Waals surface area contributed by atoms with Gasteiger partial charge in [0.1, 0.15) is 0 Å². The molecule has 1 N–H and O–H groups in total. The van der Waals surface area contributed by atoms with Gasteiger partial charge in [0.2, 0.25) is 0 Å². The van der Waals surface area contributed by atoms with Gasteiger partial charge in [0, 0.05) is 0 Å². The molecule has 0 fully saturated rings. The van der Waals surface area contributed by atoms with E-state index in [1.54, 1.807) is 13.0 Å². The van der Waals surface area contributed by atoms with Crippen LogP contribution in [0.3, 0.4) is 0 Å². The third-order valence-corrected chi connectivity index (χ3v) is 4.66. The van der Waals surface area contributed by atoms with Gasteiger partial charge >= 0.3 is 5.97 Å². The van der Waals surface area contributed by atoms with Crippen molar-refractivity contribution in [3.8, 4) is 0 Å². The topological polar surface area (TPSA) is 71.4 Å². The van der Waals surface area contributed by atoms with Crippen LogP contribution in [0.1, 0.15) is 18.1 Å². The number of hydrogen-bond acceptors (Lipinski definition) is 3. The van der Waals surface area contributed by atoms with Crippen molar-refractivity contribution in [1.29, 1.82) is 0 Å². The van der Waals surface area contributed by atoms with E-state index in [-0.39, 0.29) is 4.90 Å². The van der Waals surface area contributed by atoms with E-state index in [0.29, 0.717) is 0 Å². The SMILES string of the molecule is Cc1ccc(S(=O)(=O)C(C)C(=O)O)cc1C. The zero-order valence-electron chi connectivity index (χ0n) is 9.39. The van der Waals surface area contributed by atoms with Gasteiger partial charge in [0.15, 0.2) is 15.1 Å². The first-order chi connectivity index (χ1) is 7.26. The first kappa shape index (κ1) is 12.7. The Bertz CT molecular complexity index is 517. The maximum absolute atomic E-state index is 11.9. The molecule has 1 aromatic carbocycles. The number of carbonyl (C=O) groups is 1. The first-order valence-electron chi connectivity index (χ1n) is 4.80. The number of benzene rings is 1. The van der Waals surface area contributed by atoms with E-state index in [0.717, 1.165) is 11.1 Å². The number of sulfone groups is 1. The van der Waals surface area contributed by atoms with Gasteiger partial charge in [0.05, 0.1) is 4.90 Å². The number of aryl methyl sites for hydroxylation is 2. The minimum atomic E-state index is -3.78. The first-order valence-corrected chi connectivity index (χ1v) is 6.35. The minimum absolute atomic E-state index is 0.0606. The van der Waals surface area contributed by atoms with Crippen molar-refractivity contribution in [3.05, 3.63) is 29.3 Å². The van der Waals surface area contributed by atoms with Crippen molar-refractivity contribution in [2.45, 2.75) is 30.9 Å². The van der Waals surface area contributed by atoms with E-state index in [4.69, 9.17) is 5.11 Å². The van der Waals surface area contributed by atoms with Crippen LogP contribution >= 0.6 is 0 Å². The highest BCUT2D eigenvalue weighted by molar-refractivity contribution is 7.92. The number of carboxylic acid groups (broad SMARTS) is 1. The van der Waals surface area contributed by atoms with Gasteiger partial charge < -0.3 is 5.11 Å². The third-order valence-electron chi connectivity index (χ3n) is 2.62. The molecule has 1 aromatic rings. The lowest BCUT2D eigenvalue weighted by atomic mass is 10.1. The molecule has 0 bridgehead atoms. The molecule has 0 aliphatic rings. The molecule has 16 heavy (non-hydrogen) atoms. The molecule has 0 amide bonds. The molecule has 0 saturated heterocycles. The summed E-state index contributed by atoms with van der Waals surface area (Å²) < 4.78 is 23.7. The molecule has 1 atom stereocenters. The summed E-state index contributed by atoms with van der Waals surface area (Å²) in [6, 6.07) is 4.62. The van der Waals surface area contributed by atoms with E-state index < -0.39 is 21.1 Å². The maximum atomic E-state index is 11.9. The molecule has 0 spiro atoms. The highest BCUT2D eigenvalue weighted by Crippen LogP contribution is 2.19. The predicted octanol–water partition coefficient (Wildman–Crippen LogP) is 1.55. The fraction of sp³-hybridized carbons (Fsp3) is 0.364. The molecule has 1 rings (SSSR count). The van der Waals surface area contributed by atoms with Crippen LogP contribution in [0.2, 0.25) is 0 Å².